The Labute approximate surface area is 149 Å². The Bertz CT molecular complexity index is 965. The summed E-state index contributed by atoms with van der Waals surface area (Å²) in [6, 6.07) is 14.1. The zero-order valence-electron chi connectivity index (χ0n) is 13.6. The Morgan fingerprint density at radius 3 is 2.60 bits per heavy atom. The number of aromatic nitrogens is 3. The molecule has 0 bridgehead atoms. The van der Waals surface area contributed by atoms with Gasteiger partial charge >= 0.3 is 0 Å². The van der Waals surface area contributed by atoms with Crippen molar-refractivity contribution >= 4 is 17.4 Å². The van der Waals surface area contributed by atoms with E-state index in [1.54, 1.807) is 31.4 Å². The quantitative estimate of drug-likeness (QED) is 0.661. The fourth-order valence-corrected chi connectivity index (χ4v) is 2.70. The molecule has 2 aromatic heterocycles. The maximum atomic E-state index is 12.3. The van der Waals surface area contributed by atoms with Gasteiger partial charge in [-0.1, -0.05) is 29.8 Å². The molecule has 1 aromatic carbocycles. The number of hydrogen-bond acceptors (Lipinski definition) is 4. The summed E-state index contributed by atoms with van der Waals surface area (Å²) in [7, 11) is 1.65. The van der Waals surface area contributed by atoms with Gasteiger partial charge in [0.05, 0.1) is 5.69 Å². The van der Waals surface area contributed by atoms with Crippen LogP contribution >= 0.6 is 11.6 Å². The Morgan fingerprint density at radius 1 is 1.08 bits per heavy atom. The maximum absolute atomic E-state index is 12.3. The van der Waals surface area contributed by atoms with Crippen molar-refractivity contribution in [1.82, 2.24) is 14.8 Å². The van der Waals surface area contributed by atoms with E-state index in [1.807, 2.05) is 24.3 Å². The number of halogens is 1. The Kier molecular flexibility index (Phi) is 5.05. The lowest BCUT2D eigenvalue weighted by Gasteiger charge is -2.04. The van der Waals surface area contributed by atoms with E-state index in [1.165, 1.54) is 10.6 Å². The third-order valence-electron chi connectivity index (χ3n) is 3.79. The second kappa shape index (κ2) is 7.40. The average Bonchev–Trinajstić information content (AvgIpc) is 2.59. The molecular weight excluding hydrogens is 338 g/mol. The zero-order chi connectivity index (χ0) is 17.8. The van der Waals surface area contributed by atoms with E-state index in [9.17, 15) is 9.59 Å². The van der Waals surface area contributed by atoms with Gasteiger partial charge in [0.2, 0.25) is 5.56 Å². The minimum absolute atomic E-state index is 0.110. The number of rotatable bonds is 5. The van der Waals surface area contributed by atoms with E-state index in [0.717, 1.165) is 16.8 Å². The van der Waals surface area contributed by atoms with Gasteiger partial charge in [0.25, 0.3) is 0 Å². The van der Waals surface area contributed by atoms with Crippen molar-refractivity contribution in [2.45, 2.75) is 12.8 Å². The summed E-state index contributed by atoms with van der Waals surface area (Å²) >= 11 is 5.97. The molecule has 0 radical (unpaired) electrons. The van der Waals surface area contributed by atoms with Gasteiger partial charge in [-0.15, -0.1) is 5.10 Å². The number of benzene rings is 1. The lowest BCUT2D eigenvalue weighted by Crippen LogP contribution is -2.16. The molecule has 0 unspecified atom stereocenters. The van der Waals surface area contributed by atoms with Crippen LogP contribution in [-0.4, -0.2) is 20.5 Å². The summed E-state index contributed by atoms with van der Waals surface area (Å²) in [4.78, 5) is 23.7. The van der Waals surface area contributed by atoms with E-state index in [2.05, 4.69) is 10.2 Å². The number of hydrogen-bond donors (Lipinski definition) is 0. The normalized spacial score (nSPS) is 10.6. The van der Waals surface area contributed by atoms with Gasteiger partial charge in [0, 0.05) is 37.2 Å². The first-order valence-corrected chi connectivity index (χ1v) is 8.15. The SMILES string of the molecule is Cn1cc(CC(=O)c2ccc(Cc3cccc(Cl)c3)nn2)ccc1=O. The van der Waals surface area contributed by atoms with E-state index in [0.29, 0.717) is 17.1 Å². The summed E-state index contributed by atoms with van der Waals surface area (Å²) in [5.74, 6) is -0.138. The smallest absolute Gasteiger partial charge is 0.250 e. The molecule has 3 rings (SSSR count). The van der Waals surface area contributed by atoms with E-state index in [4.69, 9.17) is 11.6 Å². The molecule has 0 N–H and O–H groups in total. The molecule has 0 aliphatic heterocycles. The molecule has 2 heterocycles. The molecule has 126 valence electrons. The van der Waals surface area contributed by atoms with Gasteiger partial charge in [0.15, 0.2) is 5.78 Å². The van der Waals surface area contributed by atoms with Crippen molar-refractivity contribution in [2.24, 2.45) is 7.05 Å². The molecular formula is C19H16ClN3O2. The summed E-state index contributed by atoms with van der Waals surface area (Å²) in [6.07, 6.45) is 2.43. The van der Waals surface area contributed by atoms with Crippen LogP contribution in [-0.2, 0) is 19.9 Å². The Hall–Kier alpha value is -2.79. The van der Waals surface area contributed by atoms with Crippen molar-refractivity contribution in [3.8, 4) is 0 Å². The van der Waals surface area contributed by atoms with E-state index >= 15 is 0 Å². The number of carbonyl (C=O) groups excluding carboxylic acids is 1. The lowest BCUT2D eigenvalue weighted by atomic mass is 10.1. The first-order valence-electron chi connectivity index (χ1n) is 7.77. The molecule has 0 fully saturated rings. The van der Waals surface area contributed by atoms with Crippen molar-refractivity contribution in [3.05, 3.63) is 92.6 Å². The van der Waals surface area contributed by atoms with Crippen LogP contribution in [0.25, 0.3) is 0 Å². The summed E-state index contributed by atoms with van der Waals surface area (Å²) in [5.41, 5.74) is 2.76. The van der Waals surface area contributed by atoms with Crippen LogP contribution in [0.5, 0.6) is 0 Å². The topological polar surface area (TPSA) is 64.8 Å². The highest BCUT2D eigenvalue weighted by molar-refractivity contribution is 6.30. The van der Waals surface area contributed by atoms with Crippen LogP contribution in [0.3, 0.4) is 0 Å². The van der Waals surface area contributed by atoms with Gasteiger partial charge in [-0.05, 0) is 35.4 Å². The van der Waals surface area contributed by atoms with Crippen molar-refractivity contribution < 1.29 is 4.79 Å². The third kappa shape index (κ3) is 4.39. The number of carbonyl (C=O) groups is 1. The number of ketones is 1. The molecule has 25 heavy (non-hydrogen) atoms. The average molecular weight is 354 g/mol. The first-order chi connectivity index (χ1) is 12.0. The minimum Gasteiger partial charge on any atom is -0.318 e. The molecule has 3 aromatic rings. The zero-order valence-corrected chi connectivity index (χ0v) is 14.4. The van der Waals surface area contributed by atoms with Crippen LogP contribution in [0.2, 0.25) is 5.02 Å². The molecule has 0 atom stereocenters. The summed E-state index contributed by atoms with van der Waals surface area (Å²) < 4.78 is 1.45. The monoisotopic (exact) mass is 353 g/mol. The van der Waals surface area contributed by atoms with Crippen molar-refractivity contribution in [1.29, 1.82) is 0 Å². The second-order valence-electron chi connectivity index (χ2n) is 5.80. The van der Waals surface area contributed by atoms with Crippen LogP contribution in [0.15, 0.2) is 59.5 Å². The molecule has 5 nitrogen and oxygen atoms in total. The molecule has 6 heteroatoms. The van der Waals surface area contributed by atoms with Crippen LogP contribution in [0, 0.1) is 0 Å². The molecule has 0 amide bonds. The molecule has 0 aliphatic carbocycles. The predicted molar refractivity (Wildman–Crippen MR) is 96.0 cm³/mol. The fourth-order valence-electron chi connectivity index (χ4n) is 2.49. The predicted octanol–water partition coefficient (Wildman–Crippen LogP) is 2.84. The van der Waals surface area contributed by atoms with E-state index in [-0.39, 0.29) is 17.8 Å². The van der Waals surface area contributed by atoms with E-state index < -0.39 is 0 Å². The van der Waals surface area contributed by atoms with Gasteiger partial charge in [-0.3, -0.25) is 9.59 Å². The lowest BCUT2D eigenvalue weighted by molar-refractivity contribution is 0.0987. The summed E-state index contributed by atoms with van der Waals surface area (Å²) in [5, 5.41) is 8.84. The van der Waals surface area contributed by atoms with Crippen LogP contribution in [0.4, 0.5) is 0 Å². The van der Waals surface area contributed by atoms with Crippen LogP contribution < -0.4 is 5.56 Å². The largest absolute Gasteiger partial charge is 0.318 e. The van der Waals surface area contributed by atoms with Gasteiger partial charge in [-0.25, -0.2) is 0 Å². The molecule has 0 saturated carbocycles. The van der Waals surface area contributed by atoms with Gasteiger partial charge < -0.3 is 4.57 Å². The highest BCUT2D eigenvalue weighted by Gasteiger charge is 2.10. The highest BCUT2D eigenvalue weighted by Crippen LogP contribution is 2.14. The molecule has 0 aliphatic rings. The Balaban J connectivity index is 1.69. The minimum atomic E-state index is -0.138. The Morgan fingerprint density at radius 2 is 1.92 bits per heavy atom. The molecule has 0 saturated heterocycles. The second-order valence-corrected chi connectivity index (χ2v) is 6.24. The van der Waals surface area contributed by atoms with Crippen molar-refractivity contribution in [3.63, 3.8) is 0 Å². The third-order valence-corrected chi connectivity index (χ3v) is 4.03. The van der Waals surface area contributed by atoms with Gasteiger partial charge in [-0.2, -0.15) is 5.10 Å². The fraction of sp³-hybridized carbons (Fsp3) is 0.158. The van der Waals surface area contributed by atoms with Crippen molar-refractivity contribution in [2.75, 3.05) is 0 Å². The maximum Gasteiger partial charge on any atom is 0.250 e. The summed E-state index contributed by atoms with van der Waals surface area (Å²) in [6.45, 7) is 0. The molecule has 0 spiro atoms. The first kappa shape index (κ1) is 17.0. The highest BCUT2D eigenvalue weighted by atomic mass is 35.5. The standard InChI is InChI=1S/C19H16ClN3O2/c1-23-12-14(5-8-19(23)25)11-18(24)17-7-6-16(21-22-17)10-13-3-2-4-15(20)9-13/h2-9,12H,10-11H2,1H3. The number of pyridine rings is 1. The number of Topliss-reactive ketones (excluding diaryl/α,β-unsaturated/α-hetero) is 1. The number of aryl methyl sites for hydroxylation is 1. The van der Waals surface area contributed by atoms with Gasteiger partial charge in [0.1, 0.15) is 5.69 Å². The number of nitrogens with zero attached hydrogens (tertiary/aromatic N) is 3. The van der Waals surface area contributed by atoms with Crippen LogP contribution in [0.1, 0.15) is 27.3 Å².